The summed E-state index contributed by atoms with van der Waals surface area (Å²) in [5.41, 5.74) is 22.6. The number of nitrogens with zero attached hydrogens (tertiary/aromatic N) is 1. The van der Waals surface area contributed by atoms with E-state index in [1.165, 1.54) is 66.8 Å². The number of benzene rings is 9. The van der Waals surface area contributed by atoms with Crippen LogP contribution in [0.3, 0.4) is 0 Å². The molecule has 12 rings (SSSR count). The zero-order valence-electron chi connectivity index (χ0n) is 35.4. The fraction of sp³-hybridized carbons (Fsp3) is 0.100. The van der Waals surface area contributed by atoms with Crippen molar-refractivity contribution < 1.29 is 4.42 Å². The molecule has 0 saturated carbocycles. The summed E-state index contributed by atoms with van der Waals surface area (Å²) in [5, 5.41) is 2.27. The van der Waals surface area contributed by atoms with Gasteiger partial charge in [0, 0.05) is 44.1 Å². The number of furan rings is 1. The predicted octanol–water partition coefficient (Wildman–Crippen LogP) is 16.7. The third kappa shape index (κ3) is 5.29. The Balaban J connectivity index is 1.12. The van der Waals surface area contributed by atoms with Crippen LogP contribution in [0.4, 0.5) is 17.1 Å². The number of rotatable bonds is 6. The smallest absolute Gasteiger partial charge is 0.143 e. The van der Waals surface area contributed by atoms with Crippen LogP contribution >= 0.6 is 0 Å². The van der Waals surface area contributed by atoms with E-state index in [0.717, 1.165) is 50.1 Å². The minimum absolute atomic E-state index is 0.0994. The van der Waals surface area contributed by atoms with Gasteiger partial charge >= 0.3 is 0 Å². The van der Waals surface area contributed by atoms with Crippen molar-refractivity contribution in [3.63, 3.8) is 0 Å². The van der Waals surface area contributed by atoms with Gasteiger partial charge in [-0.1, -0.05) is 191 Å². The van der Waals surface area contributed by atoms with Crippen molar-refractivity contribution in [1.29, 1.82) is 0 Å². The van der Waals surface area contributed by atoms with Crippen LogP contribution in [0.5, 0.6) is 0 Å². The monoisotopic (exact) mass is 795 g/mol. The van der Waals surface area contributed by atoms with E-state index < -0.39 is 0 Å². The largest absolute Gasteiger partial charge is 0.455 e. The lowest BCUT2D eigenvalue weighted by Gasteiger charge is -2.31. The van der Waals surface area contributed by atoms with Crippen LogP contribution in [0.15, 0.2) is 205 Å². The summed E-state index contributed by atoms with van der Waals surface area (Å²) in [6.07, 6.45) is 0. The van der Waals surface area contributed by atoms with Gasteiger partial charge in [-0.25, -0.2) is 0 Å². The normalized spacial score (nSPS) is 14.1. The summed E-state index contributed by atoms with van der Waals surface area (Å²) in [4.78, 5) is 2.49. The van der Waals surface area contributed by atoms with Crippen molar-refractivity contribution in [2.75, 3.05) is 4.90 Å². The van der Waals surface area contributed by atoms with E-state index in [1.807, 2.05) is 6.07 Å². The fourth-order valence-corrected chi connectivity index (χ4v) is 10.9. The Morgan fingerprint density at radius 3 is 1.73 bits per heavy atom. The number of anilines is 3. The lowest BCUT2D eigenvalue weighted by molar-refractivity contribution is 0.660. The molecule has 296 valence electrons. The Kier molecular flexibility index (Phi) is 7.96. The van der Waals surface area contributed by atoms with Crippen LogP contribution in [-0.4, -0.2) is 0 Å². The van der Waals surface area contributed by atoms with Crippen LogP contribution < -0.4 is 4.90 Å². The molecule has 0 saturated heterocycles. The van der Waals surface area contributed by atoms with E-state index in [9.17, 15) is 0 Å². The minimum Gasteiger partial charge on any atom is -0.455 e. The maximum Gasteiger partial charge on any atom is 0.143 e. The van der Waals surface area contributed by atoms with Gasteiger partial charge in [0.25, 0.3) is 0 Å². The van der Waals surface area contributed by atoms with Crippen molar-refractivity contribution in [2.24, 2.45) is 0 Å². The first-order chi connectivity index (χ1) is 30.3. The van der Waals surface area contributed by atoms with Crippen LogP contribution in [-0.2, 0) is 10.8 Å². The SMILES string of the molecule is CC1(C)c2ccccc2-c2cc(N(c3ccc(-c4cccc5c4oc4ccccc45)cc3)c3cccc(-c4ccccc4)c3-c3cccc4c3-c3ccccc3C4(C)C)ccc21. The fourth-order valence-electron chi connectivity index (χ4n) is 10.9. The predicted molar refractivity (Wildman–Crippen MR) is 260 cm³/mol. The molecule has 62 heavy (non-hydrogen) atoms. The molecule has 1 heterocycles. The molecular weight excluding hydrogens is 751 g/mol. The molecule has 2 nitrogen and oxygen atoms in total. The van der Waals surface area contributed by atoms with E-state index in [-0.39, 0.29) is 10.8 Å². The van der Waals surface area contributed by atoms with Gasteiger partial charge in [-0.05, 0) is 103 Å². The van der Waals surface area contributed by atoms with Gasteiger partial charge in [0.2, 0.25) is 0 Å². The third-order valence-corrected chi connectivity index (χ3v) is 13.9. The van der Waals surface area contributed by atoms with E-state index in [2.05, 4.69) is 227 Å². The van der Waals surface area contributed by atoms with Crippen molar-refractivity contribution in [2.45, 2.75) is 38.5 Å². The molecule has 0 spiro atoms. The topological polar surface area (TPSA) is 16.4 Å². The molecule has 0 N–H and O–H groups in total. The molecule has 0 fully saturated rings. The first-order valence-electron chi connectivity index (χ1n) is 21.8. The molecule has 0 unspecified atom stereocenters. The average Bonchev–Trinajstić information content (AvgIpc) is 3.89. The van der Waals surface area contributed by atoms with Crippen LogP contribution in [0.2, 0.25) is 0 Å². The average molecular weight is 796 g/mol. The van der Waals surface area contributed by atoms with E-state index in [1.54, 1.807) is 0 Å². The maximum absolute atomic E-state index is 6.53. The summed E-state index contributed by atoms with van der Waals surface area (Å²) in [6.45, 7) is 9.45. The van der Waals surface area contributed by atoms with Crippen molar-refractivity contribution in [3.8, 4) is 55.6 Å². The van der Waals surface area contributed by atoms with Gasteiger partial charge in [0.1, 0.15) is 11.2 Å². The van der Waals surface area contributed by atoms with E-state index >= 15 is 0 Å². The highest BCUT2D eigenvalue weighted by Gasteiger charge is 2.38. The molecule has 2 heteroatoms. The Morgan fingerprint density at radius 2 is 0.903 bits per heavy atom. The van der Waals surface area contributed by atoms with Crippen LogP contribution in [0.1, 0.15) is 49.9 Å². The molecule has 9 aromatic carbocycles. The molecule has 0 radical (unpaired) electrons. The van der Waals surface area contributed by atoms with Crippen LogP contribution in [0.25, 0.3) is 77.6 Å². The highest BCUT2D eigenvalue weighted by Crippen LogP contribution is 2.56. The summed E-state index contributed by atoms with van der Waals surface area (Å²) in [7, 11) is 0. The molecule has 2 aliphatic carbocycles. The van der Waals surface area contributed by atoms with Gasteiger partial charge in [0.05, 0.1) is 5.69 Å². The second-order valence-corrected chi connectivity index (χ2v) is 18.0. The maximum atomic E-state index is 6.53. The van der Waals surface area contributed by atoms with Crippen molar-refractivity contribution in [1.82, 2.24) is 0 Å². The van der Waals surface area contributed by atoms with Gasteiger partial charge in [-0.3, -0.25) is 0 Å². The van der Waals surface area contributed by atoms with Gasteiger partial charge in [-0.2, -0.15) is 0 Å². The highest BCUT2D eigenvalue weighted by atomic mass is 16.3. The minimum atomic E-state index is -0.137. The van der Waals surface area contributed by atoms with Crippen LogP contribution in [0, 0.1) is 0 Å². The van der Waals surface area contributed by atoms with Gasteiger partial charge < -0.3 is 9.32 Å². The Hall–Kier alpha value is -7.42. The molecule has 10 aromatic rings. The zero-order valence-corrected chi connectivity index (χ0v) is 35.4. The Morgan fingerprint density at radius 1 is 0.355 bits per heavy atom. The Bertz CT molecular complexity index is 3400. The lowest BCUT2D eigenvalue weighted by atomic mass is 9.81. The number of para-hydroxylation sites is 2. The second kappa shape index (κ2) is 13.5. The quantitative estimate of drug-likeness (QED) is 0.167. The standard InChI is InChI=1S/C60H45NO/c1-59(2)50-26-11-8-19-44(50)49-37-41(35-36-52(49)59)61(40-33-31-39(32-34-40)43-23-14-24-46-45-20-10-13-30-55(45)62-58(43)46)54-29-16-22-42(38-17-6-5-7-18-38)57(54)48-25-15-28-53-56(48)47-21-9-12-27-51(47)60(53,3)4/h5-37H,1-4H3. The first kappa shape index (κ1) is 36.4. The number of hydrogen-bond acceptors (Lipinski definition) is 2. The lowest BCUT2D eigenvalue weighted by Crippen LogP contribution is -2.16. The van der Waals surface area contributed by atoms with E-state index in [0.29, 0.717) is 0 Å². The van der Waals surface area contributed by atoms with E-state index in [4.69, 9.17) is 4.42 Å². The molecule has 0 atom stereocenters. The summed E-state index contributed by atoms with van der Waals surface area (Å²) in [5.74, 6) is 0. The third-order valence-electron chi connectivity index (χ3n) is 13.9. The van der Waals surface area contributed by atoms with Crippen molar-refractivity contribution >= 4 is 39.0 Å². The summed E-state index contributed by atoms with van der Waals surface area (Å²) < 4.78 is 6.53. The molecule has 0 aliphatic heterocycles. The number of hydrogen-bond donors (Lipinski definition) is 0. The molecule has 0 amide bonds. The molecule has 1 aromatic heterocycles. The number of fused-ring (bicyclic) bond motifs is 9. The highest BCUT2D eigenvalue weighted by molar-refractivity contribution is 6.10. The molecule has 0 bridgehead atoms. The van der Waals surface area contributed by atoms with Crippen molar-refractivity contribution in [3.05, 3.63) is 222 Å². The van der Waals surface area contributed by atoms with Gasteiger partial charge in [-0.15, -0.1) is 0 Å². The summed E-state index contributed by atoms with van der Waals surface area (Å²) >= 11 is 0. The second-order valence-electron chi connectivity index (χ2n) is 18.0. The molecule has 2 aliphatic rings. The Labute approximate surface area is 363 Å². The van der Waals surface area contributed by atoms with Gasteiger partial charge in [0.15, 0.2) is 0 Å². The zero-order chi connectivity index (χ0) is 41.7. The first-order valence-corrected chi connectivity index (χ1v) is 21.8. The summed E-state index contributed by atoms with van der Waals surface area (Å²) in [6, 6.07) is 73.7. The molecular formula is C60H45NO.